The average molecular weight is 575 g/mol. The van der Waals surface area contributed by atoms with E-state index in [4.69, 9.17) is 4.74 Å². The van der Waals surface area contributed by atoms with Gasteiger partial charge < -0.3 is 20.3 Å². The highest BCUT2D eigenvalue weighted by Crippen LogP contribution is 2.36. The quantitative estimate of drug-likeness (QED) is 0.269. The first-order valence-corrected chi connectivity index (χ1v) is 12.6. The number of rotatable bonds is 9. The molecule has 0 bridgehead atoms. The van der Waals surface area contributed by atoms with Crippen LogP contribution in [-0.2, 0) is 0 Å². The maximum atomic E-state index is 14.6. The Morgan fingerprint density at radius 2 is 2.00 bits per heavy atom. The first kappa shape index (κ1) is 29.1. The molecule has 1 saturated heterocycles. The lowest BCUT2D eigenvalue weighted by Gasteiger charge is -2.35. The fourth-order valence-electron chi connectivity index (χ4n) is 4.89. The van der Waals surface area contributed by atoms with Crippen LogP contribution in [0.15, 0.2) is 55.1 Å². The van der Waals surface area contributed by atoms with Gasteiger partial charge in [0.2, 0.25) is 0 Å². The molecular weight excluding hydrogens is 545 g/mol. The van der Waals surface area contributed by atoms with Gasteiger partial charge in [-0.25, -0.2) is 24.0 Å². The molecule has 5 rings (SSSR count). The van der Waals surface area contributed by atoms with Crippen molar-refractivity contribution in [2.24, 2.45) is 5.92 Å². The Morgan fingerprint density at radius 1 is 1.15 bits per heavy atom. The number of methoxy groups -OCH3 is 1. The molecule has 1 atom stereocenters. The summed E-state index contributed by atoms with van der Waals surface area (Å²) in [5, 5.41) is 10.2. The lowest BCUT2D eigenvalue weighted by molar-refractivity contribution is 0.0566. The summed E-state index contributed by atoms with van der Waals surface area (Å²) in [4.78, 5) is 15.5. The lowest BCUT2D eigenvalue weighted by atomic mass is 9.96. The summed E-state index contributed by atoms with van der Waals surface area (Å²) in [6, 6.07) is 8.05. The number of piperidine rings is 1. The normalized spacial score (nSPS) is 15.2. The van der Waals surface area contributed by atoms with Gasteiger partial charge in [0.1, 0.15) is 23.2 Å². The minimum absolute atomic E-state index is 0. The van der Waals surface area contributed by atoms with Crippen molar-refractivity contribution in [1.29, 1.82) is 0 Å². The van der Waals surface area contributed by atoms with Gasteiger partial charge in [-0.3, -0.25) is 0 Å². The summed E-state index contributed by atoms with van der Waals surface area (Å²) < 4.78 is 47.0. The van der Waals surface area contributed by atoms with Crippen molar-refractivity contribution < 1.29 is 17.9 Å². The number of nitrogens with one attached hydrogen (secondary N) is 2. The van der Waals surface area contributed by atoms with Gasteiger partial charge >= 0.3 is 6.55 Å². The minimum atomic E-state index is -2.73. The Kier molecular flexibility index (Phi) is 9.43. The number of benzene rings is 1. The molecular formula is C27H30ClF3N8O. The molecule has 40 heavy (non-hydrogen) atoms. The number of aromatic nitrogens is 5. The Morgan fingerprint density at radius 3 is 2.75 bits per heavy atom. The number of anilines is 3. The molecule has 1 aliphatic heterocycles. The van der Waals surface area contributed by atoms with Crippen LogP contribution in [0.4, 0.5) is 30.5 Å². The van der Waals surface area contributed by atoms with Crippen molar-refractivity contribution in [2.45, 2.75) is 19.4 Å². The van der Waals surface area contributed by atoms with Crippen LogP contribution < -0.4 is 20.3 Å². The number of hydrogen-bond donors (Lipinski definition) is 2. The second-order valence-electron chi connectivity index (χ2n) is 9.29. The smallest absolute Gasteiger partial charge is 0.333 e. The maximum absolute atomic E-state index is 14.6. The molecule has 4 heterocycles. The molecule has 4 aromatic rings. The molecule has 3 aromatic heterocycles. The van der Waals surface area contributed by atoms with E-state index in [1.54, 1.807) is 24.4 Å². The van der Waals surface area contributed by atoms with Gasteiger partial charge in [-0.05, 0) is 50.6 Å². The van der Waals surface area contributed by atoms with E-state index in [-0.39, 0.29) is 23.8 Å². The van der Waals surface area contributed by atoms with Crippen molar-refractivity contribution in [2.75, 3.05) is 44.0 Å². The average Bonchev–Trinajstić information content (AvgIpc) is 3.44. The minimum Gasteiger partial charge on any atom is -0.496 e. The van der Waals surface area contributed by atoms with Crippen LogP contribution in [0.25, 0.3) is 22.5 Å². The van der Waals surface area contributed by atoms with Gasteiger partial charge in [0.25, 0.3) is 0 Å². The van der Waals surface area contributed by atoms with E-state index in [9.17, 15) is 13.2 Å². The fraction of sp³-hybridized carbons (Fsp3) is 0.333. The van der Waals surface area contributed by atoms with Crippen LogP contribution in [-0.4, -0.2) is 58.5 Å². The van der Waals surface area contributed by atoms with Gasteiger partial charge in [-0.15, -0.1) is 12.4 Å². The van der Waals surface area contributed by atoms with Crippen molar-refractivity contribution in [3.05, 3.63) is 60.9 Å². The maximum Gasteiger partial charge on any atom is 0.333 e. The lowest BCUT2D eigenvalue weighted by Crippen LogP contribution is -2.39. The summed E-state index contributed by atoms with van der Waals surface area (Å²) in [5.74, 6) is 1.34. The third-order valence-electron chi connectivity index (χ3n) is 6.68. The number of halogens is 4. The number of hydrogen-bond acceptors (Lipinski definition) is 8. The van der Waals surface area contributed by atoms with E-state index in [0.717, 1.165) is 38.2 Å². The highest BCUT2D eigenvalue weighted by atomic mass is 35.5. The molecule has 0 spiro atoms. The number of nitrogens with zero attached hydrogens (tertiary/aromatic N) is 6. The Labute approximate surface area is 236 Å². The van der Waals surface area contributed by atoms with E-state index in [0.29, 0.717) is 39.1 Å². The first-order valence-electron chi connectivity index (χ1n) is 12.6. The molecule has 13 heteroatoms. The van der Waals surface area contributed by atoms with E-state index in [2.05, 4.69) is 35.6 Å². The van der Waals surface area contributed by atoms with Crippen LogP contribution >= 0.6 is 12.4 Å². The van der Waals surface area contributed by atoms with E-state index in [1.165, 1.54) is 31.8 Å². The zero-order chi connectivity index (χ0) is 27.4. The first-order chi connectivity index (χ1) is 19.0. The number of pyridine rings is 1. The summed E-state index contributed by atoms with van der Waals surface area (Å²) >= 11 is 0. The zero-order valence-corrected chi connectivity index (χ0v) is 22.8. The monoisotopic (exact) mass is 574 g/mol. The number of ether oxygens (including phenoxy) is 1. The van der Waals surface area contributed by atoms with Gasteiger partial charge in [-0.2, -0.15) is 13.9 Å². The van der Waals surface area contributed by atoms with Crippen molar-refractivity contribution in [1.82, 2.24) is 30.0 Å². The summed E-state index contributed by atoms with van der Waals surface area (Å²) in [7, 11) is 3.39. The molecule has 2 N–H and O–H groups in total. The van der Waals surface area contributed by atoms with Gasteiger partial charge in [-0.1, -0.05) is 6.07 Å². The molecule has 212 valence electrons. The third-order valence-corrected chi connectivity index (χ3v) is 6.68. The van der Waals surface area contributed by atoms with Gasteiger partial charge in [0.05, 0.1) is 18.9 Å². The van der Waals surface area contributed by atoms with E-state index >= 15 is 0 Å². The van der Waals surface area contributed by atoms with Gasteiger partial charge in [0, 0.05) is 54.6 Å². The molecule has 0 amide bonds. The van der Waals surface area contributed by atoms with Gasteiger partial charge in [0.15, 0.2) is 5.82 Å². The predicted octanol–water partition coefficient (Wildman–Crippen LogP) is 5.55. The second-order valence-corrected chi connectivity index (χ2v) is 9.29. The molecule has 9 nitrogen and oxygen atoms in total. The van der Waals surface area contributed by atoms with Crippen LogP contribution in [0.2, 0.25) is 0 Å². The second kappa shape index (κ2) is 13.0. The van der Waals surface area contributed by atoms with Crippen molar-refractivity contribution >= 4 is 29.7 Å². The largest absolute Gasteiger partial charge is 0.496 e. The van der Waals surface area contributed by atoms with Crippen LogP contribution in [0.5, 0.6) is 5.75 Å². The molecule has 0 radical (unpaired) electrons. The van der Waals surface area contributed by atoms with Crippen LogP contribution in [0.3, 0.4) is 0 Å². The fourth-order valence-corrected chi connectivity index (χ4v) is 4.89. The Hall–Kier alpha value is -3.90. The predicted molar refractivity (Wildman–Crippen MR) is 150 cm³/mol. The topological polar surface area (TPSA) is 93.0 Å². The van der Waals surface area contributed by atoms with Crippen LogP contribution in [0, 0.1) is 11.7 Å². The van der Waals surface area contributed by atoms with E-state index in [1.807, 2.05) is 13.1 Å². The summed E-state index contributed by atoms with van der Waals surface area (Å²) in [5.41, 5.74) is 2.27. The van der Waals surface area contributed by atoms with Crippen molar-refractivity contribution in [3.63, 3.8) is 0 Å². The molecule has 1 fully saturated rings. The van der Waals surface area contributed by atoms with E-state index < -0.39 is 12.4 Å². The zero-order valence-electron chi connectivity index (χ0n) is 22.0. The molecule has 0 aliphatic carbocycles. The molecule has 1 aromatic carbocycles. The highest BCUT2D eigenvalue weighted by molar-refractivity contribution is 5.85. The molecule has 0 saturated carbocycles. The number of alkyl halides is 2. The standard InChI is InChI=1S/C27H29F3N8O.ClH/c1-31-12-17-5-4-10-37(15-17)21-11-24(33-14-19(21)18-13-34-38(16-18)27(29)30)35-23-8-9-32-26(36-23)25-20(28)6-3-7-22(25)39-2;/h3,6-9,11,13-14,16-17,27,31H,4-5,10,12,15H2,1-2H3,(H,32,33,35,36);1H/t17-;/m1./s1. The van der Waals surface area contributed by atoms with Crippen molar-refractivity contribution in [3.8, 4) is 28.3 Å². The van der Waals surface area contributed by atoms with Crippen LogP contribution in [0.1, 0.15) is 19.4 Å². The highest BCUT2D eigenvalue weighted by Gasteiger charge is 2.24. The SMILES string of the molecule is CNC[C@H]1CCCN(c2cc(Nc3ccnc(-c4c(F)cccc4OC)n3)ncc2-c2cnn(C(F)F)c2)C1.Cl. The Bertz CT molecular complexity index is 1430. The summed E-state index contributed by atoms with van der Waals surface area (Å²) in [6.07, 6.45) is 8.03. The molecule has 0 unspecified atom stereocenters. The third kappa shape index (κ3) is 6.28. The summed E-state index contributed by atoms with van der Waals surface area (Å²) in [6.45, 7) is -0.213. The molecule has 1 aliphatic rings. The Balaban J connectivity index is 0.00000370.